The number of amides is 1. The first-order valence-electron chi connectivity index (χ1n) is 8.08. The average Bonchev–Trinajstić information content (AvgIpc) is 2.68. The molecule has 2 aromatic heterocycles. The summed E-state index contributed by atoms with van der Waals surface area (Å²) in [7, 11) is 0. The fourth-order valence-electron chi connectivity index (χ4n) is 2.43. The summed E-state index contributed by atoms with van der Waals surface area (Å²) in [5.41, 5.74) is 1.65. The Hall–Kier alpha value is -2.72. The van der Waals surface area contributed by atoms with Crippen LogP contribution in [0, 0.1) is 11.8 Å². The van der Waals surface area contributed by atoms with Crippen LogP contribution < -0.4 is 10.7 Å². The number of carbonyl (C=O) groups excluding carboxylic acids is 1. The fraction of sp³-hybridized carbons (Fsp3) is 0.150. The highest BCUT2D eigenvalue weighted by atomic mass is 35.5. The molecule has 1 aromatic carbocycles. The highest BCUT2D eigenvalue weighted by Gasteiger charge is 2.11. The van der Waals surface area contributed by atoms with E-state index in [9.17, 15) is 9.59 Å². The molecule has 0 saturated heterocycles. The van der Waals surface area contributed by atoms with Gasteiger partial charge in [0, 0.05) is 34.3 Å². The van der Waals surface area contributed by atoms with Gasteiger partial charge in [0.1, 0.15) is 11.4 Å². The van der Waals surface area contributed by atoms with Crippen LogP contribution >= 0.6 is 22.9 Å². The van der Waals surface area contributed by atoms with Crippen LogP contribution in [-0.4, -0.2) is 22.6 Å². The molecule has 0 fully saturated rings. The number of carbonyl (C=O) groups is 1. The van der Waals surface area contributed by atoms with Gasteiger partial charge in [0.15, 0.2) is 5.43 Å². The first kappa shape index (κ1) is 19.1. The van der Waals surface area contributed by atoms with Crippen LogP contribution in [0.3, 0.4) is 0 Å². The summed E-state index contributed by atoms with van der Waals surface area (Å²) in [6.45, 7) is 0.0996. The number of hydrogen-bond donors (Lipinski definition) is 2. The minimum absolute atomic E-state index is 0.00852. The number of hydrogen-bond acceptors (Lipinski definition) is 5. The molecule has 0 spiro atoms. The summed E-state index contributed by atoms with van der Waals surface area (Å²) < 4.78 is 0. The van der Waals surface area contributed by atoms with Crippen molar-refractivity contribution in [1.82, 2.24) is 10.3 Å². The van der Waals surface area contributed by atoms with Crippen LogP contribution in [0.4, 0.5) is 0 Å². The summed E-state index contributed by atoms with van der Waals surface area (Å²) in [4.78, 5) is 29.7. The molecule has 0 unspecified atom stereocenters. The first-order valence-corrected chi connectivity index (χ1v) is 9.34. The van der Waals surface area contributed by atoms with Gasteiger partial charge in [0.25, 0.3) is 0 Å². The molecule has 0 saturated carbocycles. The van der Waals surface area contributed by atoms with E-state index in [1.54, 1.807) is 29.8 Å². The van der Waals surface area contributed by atoms with E-state index in [1.807, 2.05) is 12.1 Å². The number of rotatable bonds is 4. The lowest BCUT2D eigenvalue weighted by molar-refractivity contribution is -0.120. The van der Waals surface area contributed by atoms with Gasteiger partial charge in [-0.1, -0.05) is 35.6 Å². The Morgan fingerprint density at radius 3 is 2.81 bits per heavy atom. The highest BCUT2D eigenvalue weighted by Crippen LogP contribution is 2.16. The molecule has 136 valence electrons. The van der Waals surface area contributed by atoms with Crippen molar-refractivity contribution in [2.24, 2.45) is 0 Å². The van der Waals surface area contributed by atoms with E-state index in [1.165, 1.54) is 11.3 Å². The second-order valence-corrected chi connectivity index (χ2v) is 7.00. The number of nitrogens with zero attached hydrogens (tertiary/aromatic N) is 1. The number of fused-ring (bicyclic) bond motifs is 1. The Labute approximate surface area is 164 Å². The molecule has 0 radical (unpaired) electrons. The SMILES string of the molecule is O=C(Cc1csc2ncc(C#CCO)cc2c1=O)NCc1ccc(Cl)cc1. The smallest absolute Gasteiger partial charge is 0.224 e. The van der Waals surface area contributed by atoms with Crippen LogP contribution in [0.25, 0.3) is 10.2 Å². The Morgan fingerprint density at radius 2 is 2.07 bits per heavy atom. The predicted octanol–water partition coefficient (Wildman–Crippen LogP) is 2.51. The summed E-state index contributed by atoms with van der Waals surface area (Å²) in [6, 6.07) is 8.82. The number of aliphatic hydroxyl groups is 1. The van der Waals surface area contributed by atoms with Gasteiger partial charge in [0.05, 0.1) is 11.8 Å². The molecule has 27 heavy (non-hydrogen) atoms. The van der Waals surface area contributed by atoms with E-state index in [4.69, 9.17) is 16.7 Å². The molecule has 1 amide bonds. The van der Waals surface area contributed by atoms with E-state index in [0.717, 1.165) is 5.56 Å². The molecule has 5 nitrogen and oxygen atoms in total. The molecular formula is C20H15ClN2O3S. The molecule has 2 N–H and O–H groups in total. The Kier molecular flexibility index (Phi) is 6.20. The molecule has 0 aliphatic heterocycles. The van der Waals surface area contributed by atoms with Crippen molar-refractivity contribution < 1.29 is 9.90 Å². The van der Waals surface area contributed by atoms with Crippen LogP contribution in [0.5, 0.6) is 0 Å². The lowest BCUT2D eigenvalue weighted by atomic mass is 10.1. The molecule has 7 heteroatoms. The maximum absolute atomic E-state index is 12.7. The average molecular weight is 399 g/mol. The summed E-state index contributed by atoms with van der Waals surface area (Å²) in [5.74, 6) is 5.02. The van der Waals surface area contributed by atoms with Crippen LogP contribution in [0.15, 0.2) is 46.7 Å². The molecule has 0 aliphatic rings. The minimum Gasteiger partial charge on any atom is -0.384 e. The monoisotopic (exact) mass is 398 g/mol. The van der Waals surface area contributed by atoms with Gasteiger partial charge >= 0.3 is 0 Å². The van der Waals surface area contributed by atoms with Crippen molar-refractivity contribution >= 4 is 39.1 Å². The number of nitrogens with one attached hydrogen (secondary N) is 1. The second kappa shape index (κ2) is 8.78. The van der Waals surface area contributed by atoms with E-state index in [2.05, 4.69) is 22.1 Å². The normalized spacial score (nSPS) is 10.3. The van der Waals surface area contributed by atoms with Gasteiger partial charge < -0.3 is 10.4 Å². The van der Waals surface area contributed by atoms with Crippen LogP contribution in [0.2, 0.25) is 5.02 Å². The standard InChI is InChI=1S/C20H15ClN2O3S/c21-16-5-3-13(4-6-16)10-22-18(25)9-15-12-27-20-17(19(15)26)8-14(11-23-20)2-1-7-24/h3-6,8,11-12,24H,7,9-10H2,(H,22,25). The molecule has 3 rings (SSSR count). The molecular weight excluding hydrogens is 384 g/mol. The third-order valence-corrected chi connectivity index (χ3v) is 4.97. The number of halogens is 1. The van der Waals surface area contributed by atoms with Gasteiger partial charge in [-0.25, -0.2) is 4.98 Å². The lowest BCUT2D eigenvalue weighted by Gasteiger charge is -2.06. The van der Waals surface area contributed by atoms with Gasteiger partial charge in [-0.05, 0) is 23.8 Å². The Bertz CT molecular complexity index is 1100. The predicted molar refractivity (Wildman–Crippen MR) is 107 cm³/mol. The molecule has 0 bridgehead atoms. The van der Waals surface area contributed by atoms with Crippen molar-refractivity contribution in [2.45, 2.75) is 13.0 Å². The van der Waals surface area contributed by atoms with E-state index in [0.29, 0.717) is 32.9 Å². The molecule has 3 aromatic rings. The third-order valence-electron chi connectivity index (χ3n) is 3.77. The van der Waals surface area contributed by atoms with Crippen LogP contribution in [0.1, 0.15) is 16.7 Å². The van der Waals surface area contributed by atoms with Crippen LogP contribution in [-0.2, 0) is 17.8 Å². The van der Waals surface area contributed by atoms with Crippen molar-refractivity contribution in [2.75, 3.05) is 6.61 Å². The Balaban J connectivity index is 1.75. The summed E-state index contributed by atoms with van der Waals surface area (Å²) in [5, 5.41) is 14.3. The van der Waals surface area contributed by atoms with Gasteiger partial charge in [0.2, 0.25) is 5.91 Å². The number of aromatic nitrogens is 1. The van der Waals surface area contributed by atoms with Crippen molar-refractivity contribution in [3.63, 3.8) is 0 Å². The number of aliphatic hydroxyl groups excluding tert-OH is 1. The second-order valence-electron chi connectivity index (χ2n) is 5.71. The zero-order valence-corrected chi connectivity index (χ0v) is 15.7. The minimum atomic E-state index is -0.265. The molecule has 2 heterocycles. The first-order chi connectivity index (χ1) is 13.1. The van der Waals surface area contributed by atoms with E-state index < -0.39 is 0 Å². The van der Waals surface area contributed by atoms with Crippen molar-refractivity contribution in [1.29, 1.82) is 0 Å². The van der Waals surface area contributed by atoms with Gasteiger partial charge in [-0.2, -0.15) is 0 Å². The number of pyridine rings is 1. The fourth-order valence-corrected chi connectivity index (χ4v) is 3.39. The van der Waals surface area contributed by atoms with E-state index in [-0.39, 0.29) is 24.4 Å². The highest BCUT2D eigenvalue weighted by molar-refractivity contribution is 7.16. The number of benzene rings is 1. The maximum atomic E-state index is 12.7. The zero-order valence-electron chi connectivity index (χ0n) is 14.2. The summed E-state index contributed by atoms with van der Waals surface area (Å²) in [6.07, 6.45) is 1.55. The largest absolute Gasteiger partial charge is 0.384 e. The lowest BCUT2D eigenvalue weighted by Crippen LogP contribution is -2.26. The maximum Gasteiger partial charge on any atom is 0.224 e. The van der Waals surface area contributed by atoms with Gasteiger partial charge in [-0.3, -0.25) is 9.59 Å². The molecule has 0 atom stereocenters. The Morgan fingerprint density at radius 1 is 1.30 bits per heavy atom. The zero-order chi connectivity index (χ0) is 19.2. The van der Waals surface area contributed by atoms with E-state index >= 15 is 0 Å². The van der Waals surface area contributed by atoms with Crippen molar-refractivity contribution in [3.8, 4) is 11.8 Å². The summed E-state index contributed by atoms with van der Waals surface area (Å²) >= 11 is 7.14. The quantitative estimate of drug-likeness (QED) is 0.662. The third kappa shape index (κ3) is 4.92. The van der Waals surface area contributed by atoms with Crippen molar-refractivity contribution in [3.05, 3.63) is 73.8 Å². The molecule has 0 aliphatic carbocycles. The topological polar surface area (TPSA) is 79.3 Å². The van der Waals surface area contributed by atoms with Gasteiger partial charge in [-0.15, -0.1) is 11.3 Å².